The summed E-state index contributed by atoms with van der Waals surface area (Å²) in [4.78, 5) is 29.3. The number of hydrogen-bond acceptors (Lipinski definition) is 4. The van der Waals surface area contributed by atoms with Crippen molar-refractivity contribution >= 4 is 23.4 Å². The molecule has 1 N–H and O–H groups in total. The molecule has 2 aliphatic rings. The van der Waals surface area contributed by atoms with Gasteiger partial charge in [-0.25, -0.2) is 0 Å². The van der Waals surface area contributed by atoms with Gasteiger partial charge in [0.05, 0.1) is 12.7 Å². The second-order valence-electron chi connectivity index (χ2n) is 9.22. The fourth-order valence-corrected chi connectivity index (χ4v) is 4.84. The molecule has 6 nitrogen and oxygen atoms in total. The molecule has 0 radical (unpaired) electrons. The smallest absolute Gasteiger partial charge is 0.223 e. The number of carbonyl (C=O) groups excluding carboxylic acids is 2. The SMILES string of the molecule is CCC(=O)N1CCC[C@@](COc2cc(C)c(Cl)c(C)c2)(CC(=O)N2CCC(O)CC2)C1. The highest BCUT2D eigenvalue weighted by Gasteiger charge is 2.41. The van der Waals surface area contributed by atoms with E-state index < -0.39 is 5.41 Å². The van der Waals surface area contributed by atoms with Crippen LogP contribution in [0.1, 0.15) is 56.6 Å². The molecule has 1 atom stereocenters. The van der Waals surface area contributed by atoms with E-state index in [1.165, 1.54) is 0 Å². The van der Waals surface area contributed by atoms with E-state index in [-0.39, 0.29) is 17.9 Å². The molecule has 1 aromatic carbocycles. The largest absolute Gasteiger partial charge is 0.493 e. The van der Waals surface area contributed by atoms with Crippen molar-refractivity contribution < 1.29 is 19.4 Å². The minimum absolute atomic E-state index is 0.0877. The zero-order valence-corrected chi connectivity index (χ0v) is 19.7. The molecule has 31 heavy (non-hydrogen) atoms. The molecule has 0 aliphatic carbocycles. The van der Waals surface area contributed by atoms with Gasteiger partial charge in [-0.2, -0.15) is 0 Å². The maximum absolute atomic E-state index is 13.2. The van der Waals surface area contributed by atoms with Crippen LogP contribution < -0.4 is 4.74 Å². The van der Waals surface area contributed by atoms with Crippen LogP contribution >= 0.6 is 11.6 Å². The van der Waals surface area contributed by atoms with Crippen LogP contribution in [0.3, 0.4) is 0 Å². The van der Waals surface area contributed by atoms with Gasteiger partial charge in [0.1, 0.15) is 5.75 Å². The molecule has 2 heterocycles. The van der Waals surface area contributed by atoms with Crippen molar-refractivity contribution in [3.05, 3.63) is 28.3 Å². The molecule has 0 aromatic heterocycles. The number of aliphatic hydroxyl groups is 1. The summed E-state index contributed by atoms with van der Waals surface area (Å²) in [6.45, 7) is 8.60. The first-order valence-corrected chi connectivity index (χ1v) is 11.7. The summed E-state index contributed by atoms with van der Waals surface area (Å²) < 4.78 is 6.23. The highest BCUT2D eigenvalue weighted by molar-refractivity contribution is 6.32. The van der Waals surface area contributed by atoms with Crippen molar-refractivity contribution in [2.45, 2.75) is 65.4 Å². The summed E-state index contributed by atoms with van der Waals surface area (Å²) in [6.07, 6.45) is 3.45. The lowest BCUT2D eigenvalue weighted by atomic mass is 9.77. The van der Waals surface area contributed by atoms with Crippen LogP contribution in [0.15, 0.2) is 12.1 Å². The highest BCUT2D eigenvalue weighted by atomic mass is 35.5. The molecule has 2 amide bonds. The van der Waals surface area contributed by atoms with Crippen molar-refractivity contribution in [1.82, 2.24) is 9.80 Å². The average Bonchev–Trinajstić information content (AvgIpc) is 2.76. The summed E-state index contributed by atoms with van der Waals surface area (Å²) in [5.41, 5.74) is 1.50. The molecular formula is C24H35ClN2O4. The number of carbonyl (C=O) groups is 2. The number of aryl methyl sites for hydroxylation is 2. The number of hydrogen-bond donors (Lipinski definition) is 1. The Hall–Kier alpha value is -1.79. The third-order valence-electron chi connectivity index (χ3n) is 6.61. The predicted molar refractivity (Wildman–Crippen MR) is 121 cm³/mol. The quantitative estimate of drug-likeness (QED) is 0.716. The Labute approximate surface area is 190 Å². The number of halogens is 1. The molecule has 2 saturated heterocycles. The van der Waals surface area contributed by atoms with Crippen LogP contribution in [0.5, 0.6) is 5.75 Å². The lowest BCUT2D eigenvalue weighted by Gasteiger charge is -2.43. The summed E-state index contributed by atoms with van der Waals surface area (Å²) >= 11 is 6.29. The topological polar surface area (TPSA) is 70.1 Å². The number of aliphatic hydroxyl groups excluding tert-OH is 1. The molecule has 0 bridgehead atoms. The van der Waals surface area contributed by atoms with E-state index in [2.05, 4.69) is 0 Å². The van der Waals surface area contributed by atoms with Crippen LogP contribution in [0.25, 0.3) is 0 Å². The first-order valence-electron chi connectivity index (χ1n) is 11.4. The summed E-state index contributed by atoms with van der Waals surface area (Å²) in [5.74, 6) is 0.951. The second kappa shape index (κ2) is 10.2. The zero-order chi connectivity index (χ0) is 22.6. The van der Waals surface area contributed by atoms with Gasteiger partial charge in [0.2, 0.25) is 11.8 Å². The third kappa shape index (κ3) is 5.92. The molecule has 2 fully saturated rings. The van der Waals surface area contributed by atoms with Gasteiger partial charge in [-0.3, -0.25) is 9.59 Å². The van der Waals surface area contributed by atoms with E-state index >= 15 is 0 Å². The number of rotatable bonds is 6. The fraction of sp³-hybridized carbons (Fsp3) is 0.667. The second-order valence-corrected chi connectivity index (χ2v) is 9.60. The molecule has 172 valence electrons. The molecule has 7 heteroatoms. The van der Waals surface area contributed by atoms with Gasteiger partial charge in [0.15, 0.2) is 0 Å². The third-order valence-corrected chi connectivity index (χ3v) is 7.21. The normalized spacial score (nSPS) is 22.5. The number of amides is 2. The van der Waals surface area contributed by atoms with Crippen LogP contribution in [0.2, 0.25) is 5.02 Å². The van der Waals surface area contributed by atoms with Crippen molar-refractivity contribution in [2.75, 3.05) is 32.8 Å². The lowest BCUT2D eigenvalue weighted by Crippen LogP contribution is -2.51. The van der Waals surface area contributed by atoms with Crippen LogP contribution in [-0.2, 0) is 9.59 Å². The minimum atomic E-state index is -0.419. The Morgan fingerprint density at radius 2 is 1.77 bits per heavy atom. The van der Waals surface area contributed by atoms with Crippen LogP contribution in [-0.4, -0.2) is 65.6 Å². The standard InChI is InChI=1S/C24H35ClN2O4/c1-4-21(29)27-9-5-8-24(15-27,14-22(30)26-10-6-19(28)7-11-26)16-31-20-12-17(2)23(25)18(3)13-20/h12-13,19,28H,4-11,14-16H2,1-3H3/t24-/m1/s1. The number of ether oxygens (including phenoxy) is 1. The van der Waals surface area contributed by atoms with Crippen LogP contribution in [0.4, 0.5) is 0 Å². The fourth-order valence-electron chi connectivity index (χ4n) is 4.73. The lowest BCUT2D eigenvalue weighted by molar-refractivity contribution is -0.142. The predicted octanol–water partition coefficient (Wildman–Crippen LogP) is 3.73. The Morgan fingerprint density at radius 1 is 1.13 bits per heavy atom. The summed E-state index contributed by atoms with van der Waals surface area (Å²) in [7, 11) is 0. The molecular weight excluding hydrogens is 416 g/mol. The van der Waals surface area contributed by atoms with Crippen molar-refractivity contribution in [3.63, 3.8) is 0 Å². The number of likely N-dealkylation sites (tertiary alicyclic amines) is 2. The maximum atomic E-state index is 13.2. The first-order chi connectivity index (χ1) is 14.7. The Morgan fingerprint density at radius 3 is 2.39 bits per heavy atom. The van der Waals surface area contributed by atoms with Gasteiger partial charge < -0.3 is 19.6 Å². The average molecular weight is 451 g/mol. The highest BCUT2D eigenvalue weighted by Crippen LogP contribution is 2.36. The van der Waals surface area contributed by atoms with Gasteiger partial charge in [-0.1, -0.05) is 18.5 Å². The Kier molecular flexibility index (Phi) is 7.87. The van der Waals surface area contributed by atoms with E-state index in [9.17, 15) is 14.7 Å². The number of piperidine rings is 2. The Balaban J connectivity index is 1.77. The minimum Gasteiger partial charge on any atom is -0.493 e. The molecule has 1 aromatic rings. The van der Waals surface area contributed by atoms with Gasteiger partial charge >= 0.3 is 0 Å². The van der Waals surface area contributed by atoms with Crippen LogP contribution in [0, 0.1) is 19.3 Å². The van der Waals surface area contributed by atoms with Gasteiger partial charge in [-0.05, 0) is 62.8 Å². The van der Waals surface area contributed by atoms with Crippen molar-refractivity contribution in [2.24, 2.45) is 5.41 Å². The van der Waals surface area contributed by atoms with Crippen molar-refractivity contribution in [1.29, 1.82) is 0 Å². The van der Waals surface area contributed by atoms with Gasteiger partial charge in [-0.15, -0.1) is 0 Å². The Bertz CT molecular complexity index is 784. The van der Waals surface area contributed by atoms with E-state index in [4.69, 9.17) is 16.3 Å². The van der Waals surface area contributed by atoms with Crippen molar-refractivity contribution in [3.8, 4) is 5.75 Å². The first kappa shape index (κ1) is 23.9. The van der Waals surface area contributed by atoms with E-state index in [1.54, 1.807) is 0 Å². The molecule has 0 unspecified atom stereocenters. The molecule has 2 aliphatic heterocycles. The maximum Gasteiger partial charge on any atom is 0.223 e. The van der Waals surface area contributed by atoms with E-state index in [1.807, 2.05) is 42.7 Å². The van der Waals surface area contributed by atoms with Gasteiger partial charge in [0.25, 0.3) is 0 Å². The number of nitrogens with zero attached hydrogens (tertiary/aromatic N) is 2. The van der Waals surface area contributed by atoms with E-state index in [0.717, 1.165) is 41.3 Å². The molecule has 0 spiro atoms. The summed E-state index contributed by atoms with van der Waals surface area (Å²) in [5, 5.41) is 10.5. The van der Waals surface area contributed by atoms with Gasteiger partial charge in [0, 0.05) is 49.5 Å². The summed E-state index contributed by atoms with van der Waals surface area (Å²) in [6, 6.07) is 3.85. The van der Waals surface area contributed by atoms with E-state index in [0.29, 0.717) is 51.9 Å². The molecule has 3 rings (SSSR count). The molecule has 0 saturated carbocycles. The zero-order valence-electron chi connectivity index (χ0n) is 19.0. The number of benzene rings is 1. The monoisotopic (exact) mass is 450 g/mol.